The lowest BCUT2D eigenvalue weighted by molar-refractivity contribution is 1.65. The molecule has 10 aromatic rings. The first-order chi connectivity index (χ1) is 23.3. The van der Waals surface area contributed by atoms with Crippen molar-refractivity contribution in [3.05, 3.63) is 170 Å². The van der Waals surface area contributed by atoms with Gasteiger partial charge in [0.25, 0.3) is 0 Å². The Morgan fingerprint density at radius 1 is 0.298 bits per heavy atom. The van der Waals surface area contributed by atoms with E-state index in [1.54, 1.807) is 0 Å². The van der Waals surface area contributed by atoms with Gasteiger partial charge in [-0.1, -0.05) is 158 Å². The summed E-state index contributed by atoms with van der Waals surface area (Å²) in [5.74, 6) is 0. The Morgan fingerprint density at radius 2 is 0.809 bits per heavy atom. The summed E-state index contributed by atoms with van der Waals surface area (Å²) in [4.78, 5) is 0. The van der Waals surface area contributed by atoms with Gasteiger partial charge in [-0.05, 0) is 88.6 Å². The van der Waals surface area contributed by atoms with Gasteiger partial charge in [0.2, 0.25) is 0 Å². The van der Waals surface area contributed by atoms with Crippen molar-refractivity contribution in [2.75, 3.05) is 0 Å². The van der Waals surface area contributed by atoms with Crippen molar-refractivity contribution in [2.45, 2.75) is 0 Å². The molecule has 0 saturated carbocycles. The van der Waals surface area contributed by atoms with E-state index in [-0.39, 0.29) is 0 Å². The zero-order valence-corrected chi connectivity index (χ0v) is 26.4. The maximum atomic E-state index is 2.40. The number of rotatable bonds is 3. The molecule has 0 aliphatic heterocycles. The Kier molecular flexibility index (Phi) is 5.85. The highest BCUT2D eigenvalue weighted by Gasteiger charge is 2.18. The summed E-state index contributed by atoms with van der Waals surface area (Å²) < 4.78 is 2.68. The van der Waals surface area contributed by atoms with Crippen molar-refractivity contribution < 1.29 is 0 Å². The average Bonchev–Trinajstić information content (AvgIpc) is 3.52. The second kappa shape index (κ2) is 10.4. The third-order valence-electron chi connectivity index (χ3n) is 9.86. The van der Waals surface area contributed by atoms with E-state index in [1.165, 1.54) is 96.6 Å². The molecule has 0 atom stereocenters. The van der Waals surface area contributed by atoms with Gasteiger partial charge in [0.05, 0.1) is 0 Å². The van der Waals surface area contributed by atoms with Gasteiger partial charge in [-0.3, -0.25) is 0 Å². The number of thiophene rings is 1. The minimum atomic E-state index is 1.23. The van der Waals surface area contributed by atoms with E-state index in [4.69, 9.17) is 0 Å². The maximum absolute atomic E-state index is 2.40. The lowest BCUT2D eigenvalue weighted by Gasteiger charge is -2.19. The summed E-state index contributed by atoms with van der Waals surface area (Å²) in [6.07, 6.45) is 0. The van der Waals surface area contributed by atoms with Crippen molar-refractivity contribution in [3.8, 4) is 33.4 Å². The summed E-state index contributed by atoms with van der Waals surface area (Å²) in [7, 11) is 0. The van der Waals surface area contributed by atoms with E-state index < -0.39 is 0 Å². The van der Waals surface area contributed by atoms with E-state index in [0.717, 1.165) is 0 Å². The number of hydrogen-bond acceptors (Lipinski definition) is 1. The quantitative estimate of drug-likeness (QED) is 0.174. The highest BCUT2D eigenvalue weighted by molar-refractivity contribution is 7.26. The summed E-state index contributed by atoms with van der Waals surface area (Å²) in [6, 6.07) is 62.6. The molecule has 10 rings (SSSR count). The van der Waals surface area contributed by atoms with E-state index in [2.05, 4.69) is 170 Å². The topological polar surface area (TPSA) is 0 Å². The van der Waals surface area contributed by atoms with Crippen LogP contribution in [0.2, 0.25) is 0 Å². The lowest BCUT2D eigenvalue weighted by atomic mass is 9.84. The Labute approximate surface area is 276 Å². The molecule has 0 nitrogen and oxygen atoms in total. The van der Waals surface area contributed by atoms with E-state index in [9.17, 15) is 0 Å². The van der Waals surface area contributed by atoms with Crippen molar-refractivity contribution >= 4 is 74.6 Å². The summed E-state index contributed by atoms with van der Waals surface area (Å²) in [5.41, 5.74) is 7.63. The molecule has 0 bridgehead atoms. The largest absolute Gasteiger partial charge is 0.135 e. The van der Waals surface area contributed by atoms with Crippen LogP contribution in [0.1, 0.15) is 0 Å². The monoisotopic (exact) mass is 612 g/mol. The fourth-order valence-electron chi connectivity index (χ4n) is 7.82. The minimum Gasteiger partial charge on any atom is -0.135 e. The van der Waals surface area contributed by atoms with E-state index in [1.807, 2.05) is 11.3 Å². The van der Waals surface area contributed by atoms with Crippen LogP contribution in [-0.2, 0) is 0 Å². The predicted octanol–water partition coefficient (Wildman–Crippen LogP) is 13.7. The van der Waals surface area contributed by atoms with E-state index >= 15 is 0 Å². The molecule has 0 spiro atoms. The molecule has 1 heterocycles. The highest BCUT2D eigenvalue weighted by Crippen LogP contribution is 2.46. The first-order valence-corrected chi connectivity index (χ1v) is 17.0. The molecule has 1 heteroatoms. The molecule has 0 fully saturated rings. The van der Waals surface area contributed by atoms with Gasteiger partial charge in [0.1, 0.15) is 0 Å². The molecule has 0 N–H and O–H groups in total. The van der Waals surface area contributed by atoms with Gasteiger partial charge in [-0.25, -0.2) is 0 Å². The van der Waals surface area contributed by atoms with Crippen LogP contribution in [0, 0.1) is 0 Å². The zero-order chi connectivity index (χ0) is 30.9. The van der Waals surface area contributed by atoms with Crippen molar-refractivity contribution in [1.29, 1.82) is 0 Å². The molecule has 0 aliphatic rings. The van der Waals surface area contributed by atoms with Crippen LogP contribution in [-0.4, -0.2) is 0 Å². The van der Waals surface area contributed by atoms with Crippen LogP contribution in [0.15, 0.2) is 170 Å². The number of benzene rings is 9. The van der Waals surface area contributed by atoms with Gasteiger partial charge < -0.3 is 0 Å². The van der Waals surface area contributed by atoms with Crippen LogP contribution in [0.4, 0.5) is 0 Å². The summed E-state index contributed by atoms with van der Waals surface area (Å²) >= 11 is 1.89. The second-order valence-electron chi connectivity index (χ2n) is 12.4. The first kappa shape index (κ1) is 26.5. The fourth-order valence-corrected chi connectivity index (χ4v) is 8.98. The molecule has 1 aromatic heterocycles. The summed E-state index contributed by atoms with van der Waals surface area (Å²) in [6.45, 7) is 0. The third-order valence-corrected chi connectivity index (χ3v) is 11.0. The van der Waals surface area contributed by atoms with Crippen LogP contribution in [0.3, 0.4) is 0 Å². The minimum absolute atomic E-state index is 1.23. The van der Waals surface area contributed by atoms with Gasteiger partial charge in [-0.2, -0.15) is 0 Å². The van der Waals surface area contributed by atoms with Crippen molar-refractivity contribution in [3.63, 3.8) is 0 Å². The lowest BCUT2D eigenvalue weighted by Crippen LogP contribution is -1.91. The molecule has 47 heavy (non-hydrogen) atoms. The Morgan fingerprint density at radius 3 is 1.51 bits per heavy atom. The zero-order valence-electron chi connectivity index (χ0n) is 25.6. The Bertz CT molecular complexity index is 2770. The average molecular weight is 613 g/mol. The first-order valence-electron chi connectivity index (χ1n) is 16.2. The summed E-state index contributed by atoms with van der Waals surface area (Å²) in [5, 5.41) is 13.0. The molecule has 218 valence electrons. The molecule has 0 unspecified atom stereocenters. The number of hydrogen-bond donors (Lipinski definition) is 0. The molecule has 9 aromatic carbocycles. The molecular weight excluding hydrogens is 585 g/mol. The molecule has 0 radical (unpaired) electrons. The molecule has 0 aliphatic carbocycles. The third kappa shape index (κ3) is 4.00. The highest BCUT2D eigenvalue weighted by atomic mass is 32.1. The normalized spacial score (nSPS) is 11.8. The predicted molar refractivity (Wildman–Crippen MR) is 206 cm³/mol. The van der Waals surface area contributed by atoms with Crippen LogP contribution < -0.4 is 0 Å². The fraction of sp³-hybridized carbons (Fsp3) is 0. The maximum Gasteiger partial charge on any atom is 0.0368 e. The second-order valence-corrected chi connectivity index (χ2v) is 13.5. The smallest absolute Gasteiger partial charge is 0.0368 e. The van der Waals surface area contributed by atoms with Gasteiger partial charge in [-0.15, -0.1) is 11.3 Å². The molecular formula is C46H28S. The van der Waals surface area contributed by atoms with Crippen molar-refractivity contribution in [1.82, 2.24) is 0 Å². The van der Waals surface area contributed by atoms with Gasteiger partial charge in [0, 0.05) is 20.2 Å². The SMILES string of the molecule is c1ccc2c(-c3c4ccccc4c(-c4ccc(-c5cc6sc7ccccc7c6c6ccccc56)cc4)c4ccccc34)cccc2c1. The van der Waals surface area contributed by atoms with Gasteiger partial charge >= 0.3 is 0 Å². The molecule has 0 amide bonds. The van der Waals surface area contributed by atoms with Gasteiger partial charge in [0.15, 0.2) is 0 Å². The molecule has 0 saturated heterocycles. The van der Waals surface area contributed by atoms with E-state index in [0.29, 0.717) is 0 Å². The number of fused-ring (bicyclic) bond motifs is 8. The standard InChI is InChI=1S/C46H28S/c1-2-14-32-29(12-1)13-11-22-34(32)45-38-19-7-5-17-36(38)44(37-18-6-8-20-39(37)45)31-26-24-30(25-27-31)41-28-43-46(35-16-4-3-15-33(35)41)40-21-9-10-23-42(40)47-43/h1-28H. The van der Waals surface area contributed by atoms with Crippen LogP contribution >= 0.6 is 11.3 Å². The van der Waals surface area contributed by atoms with Crippen LogP contribution in [0.25, 0.3) is 96.6 Å². The van der Waals surface area contributed by atoms with Crippen molar-refractivity contribution in [2.24, 2.45) is 0 Å². The Hall–Kier alpha value is -5.76. The van der Waals surface area contributed by atoms with Crippen LogP contribution in [0.5, 0.6) is 0 Å². The Balaban J connectivity index is 1.20.